The molecule has 2 aromatic rings. The second kappa shape index (κ2) is 9.50. The van der Waals surface area contributed by atoms with Gasteiger partial charge >= 0.3 is 0 Å². The van der Waals surface area contributed by atoms with E-state index in [0.29, 0.717) is 21.4 Å². The van der Waals surface area contributed by atoms with E-state index in [2.05, 4.69) is 15.6 Å². The van der Waals surface area contributed by atoms with E-state index >= 15 is 0 Å². The van der Waals surface area contributed by atoms with Gasteiger partial charge in [0.1, 0.15) is 5.76 Å². The van der Waals surface area contributed by atoms with Crippen LogP contribution >= 0.6 is 35.4 Å². The summed E-state index contributed by atoms with van der Waals surface area (Å²) in [6.07, 6.45) is 1.20. The monoisotopic (exact) mass is 421 g/mol. The van der Waals surface area contributed by atoms with Gasteiger partial charge in [-0.05, 0) is 55.9 Å². The second-order valence-corrected chi connectivity index (χ2v) is 6.79. The molecular formula is C19H17Cl2N3O2S. The molecule has 0 radical (unpaired) electrons. The van der Waals surface area contributed by atoms with Crippen LogP contribution in [0.5, 0.6) is 0 Å². The maximum absolute atomic E-state index is 12.4. The minimum Gasteiger partial charge on any atom is -0.512 e. The summed E-state index contributed by atoms with van der Waals surface area (Å²) in [5.74, 6) is -0.674. The van der Waals surface area contributed by atoms with Gasteiger partial charge in [0.2, 0.25) is 0 Å². The predicted molar refractivity (Wildman–Crippen MR) is 116 cm³/mol. The Morgan fingerprint density at radius 2 is 1.85 bits per heavy atom. The number of benzene rings is 2. The fourth-order valence-electron chi connectivity index (χ4n) is 2.07. The first-order valence-electron chi connectivity index (χ1n) is 7.85. The number of nitrogens with zero attached hydrogens (tertiary/aromatic N) is 1. The standard InChI is InChI=1S/C19H17Cl2N3O2S/c1-11-5-3-4-6-17(11)24-18(26)14(12(2)25)10-22-19(27)23-13-7-8-15(20)16(21)9-13/h3-10,25H,1-2H3,(H,23,27)(H,24,26). The lowest BCUT2D eigenvalue weighted by Crippen LogP contribution is -2.18. The third-order valence-corrected chi connectivity index (χ3v) is 4.46. The molecule has 2 aromatic carbocycles. The van der Waals surface area contributed by atoms with Gasteiger partial charge < -0.3 is 15.7 Å². The molecule has 1 amide bonds. The van der Waals surface area contributed by atoms with Crippen molar-refractivity contribution in [3.63, 3.8) is 0 Å². The van der Waals surface area contributed by atoms with Crippen LogP contribution in [0.3, 0.4) is 0 Å². The van der Waals surface area contributed by atoms with Crippen LogP contribution in [0.2, 0.25) is 10.0 Å². The number of rotatable bonds is 4. The molecule has 8 heteroatoms. The molecule has 0 aliphatic rings. The first-order valence-corrected chi connectivity index (χ1v) is 9.01. The van der Waals surface area contributed by atoms with Crippen LogP contribution in [-0.4, -0.2) is 22.3 Å². The lowest BCUT2D eigenvalue weighted by molar-refractivity contribution is -0.112. The number of carbonyl (C=O) groups is 1. The lowest BCUT2D eigenvalue weighted by Gasteiger charge is -2.09. The number of nitrogens with one attached hydrogen (secondary N) is 2. The van der Waals surface area contributed by atoms with Crippen molar-refractivity contribution in [2.24, 2.45) is 4.99 Å². The van der Waals surface area contributed by atoms with E-state index in [0.717, 1.165) is 5.56 Å². The zero-order chi connectivity index (χ0) is 20.0. The molecule has 0 fully saturated rings. The minimum atomic E-state index is -0.495. The number of hydrogen-bond donors (Lipinski definition) is 3. The SMILES string of the molecule is CC(O)=C(C=NC(=S)Nc1ccc(Cl)c(Cl)c1)C(=O)Nc1ccccc1C. The fourth-order valence-corrected chi connectivity index (χ4v) is 2.54. The number of halogens is 2. The van der Waals surface area contributed by atoms with Crippen LogP contribution in [0, 0.1) is 6.92 Å². The highest BCUT2D eigenvalue weighted by Gasteiger charge is 2.12. The zero-order valence-electron chi connectivity index (χ0n) is 14.6. The Kier molecular flexibility index (Phi) is 7.36. The van der Waals surface area contributed by atoms with E-state index < -0.39 is 5.91 Å². The van der Waals surface area contributed by atoms with Gasteiger partial charge in [-0.3, -0.25) is 4.79 Å². The Balaban J connectivity index is 2.09. The molecule has 3 N–H and O–H groups in total. The van der Waals surface area contributed by atoms with E-state index in [4.69, 9.17) is 35.4 Å². The van der Waals surface area contributed by atoms with Crippen molar-refractivity contribution in [3.05, 3.63) is 69.4 Å². The Morgan fingerprint density at radius 1 is 1.15 bits per heavy atom. The first kappa shape index (κ1) is 20.9. The third kappa shape index (κ3) is 6.06. The molecule has 0 atom stereocenters. The number of para-hydroxylation sites is 1. The molecule has 0 saturated heterocycles. The van der Waals surface area contributed by atoms with Gasteiger partial charge in [0, 0.05) is 17.6 Å². The molecule has 0 heterocycles. The van der Waals surface area contributed by atoms with Crippen LogP contribution in [0.15, 0.2) is 58.8 Å². The number of thiocarbonyl (C=S) groups is 1. The predicted octanol–water partition coefficient (Wildman–Crippen LogP) is 5.54. The van der Waals surface area contributed by atoms with E-state index in [-0.39, 0.29) is 16.4 Å². The van der Waals surface area contributed by atoms with Crippen molar-refractivity contribution in [2.75, 3.05) is 10.6 Å². The molecule has 0 aromatic heterocycles. The Labute approximate surface area is 172 Å². The number of aliphatic imine (C=N–C) groups is 1. The lowest BCUT2D eigenvalue weighted by atomic mass is 10.2. The van der Waals surface area contributed by atoms with Crippen LogP contribution in [0.1, 0.15) is 12.5 Å². The number of anilines is 2. The molecule has 27 heavy (non-hydrogen) atoms. The quantitative estimate of drug-likeness (QED) is 0.262. The first-order chi connectivity index (χ1) is 12.8. The van der Waals surface area contributed by atoms with Gasteiger partial charge in [0.25, 0.3) is 5.91 Å². The number of aryl methyl sites for hydroxylation is 1. The van der Waals surface area contributed by atoms with Crippen molar-refractivity contribution < 1.29 is 9.90 Å². The van der Waals surface area contributed by atoms with E-state index in [9.17, 15) is 9.90 Å². The van der Waals surface area contributed by atoms with Crippen LogP contribution in [0.4, 0.5) is 11.4 Å². The van der Waals surface area contributed by atoms with Gasteiger partial charge in [0.05, 0.1) is 15.6 Å². The number of aliphatic hydroxyl groups excluding tert-OH is 1. The van der Waals surface area contributed by atoms with Gasteiger partial charge in [-0.2, -0.15) is 0 Å². The average Bonchev–Trinajstić information content (AvgIpc) is 2.60. The number of allylic oxidation sites excluding steroid dienone is 1. The fraction of sp³-hybridized carbons (Fsp3) is 0.105. The number of amides is 1. The van der Waals surface area contributed by atoms with Crippen molar-refractivity contribution >= 4 is 64.0 Å². The molecule has 5 nitrogen and oxygen atoms in total. The van der Waals surface area contributed by atoms with Crippen molar-refractivity contribution in [1.29, 1.82) is 0 Å². The molecule has 140 valence electrons. The van der Waals surface area contributed by atoms with Gasteiger partial charge in [-0.15, -0.1) is 0 Å². The summed E-state index contributed by atoms with van der Waals surface area (Å²) < 4.78 is 0. The van der Waals surface area contributed by atoms with Crippen molar-refractivity contribution in [3.8, 4) is 0 Å². The number of carbonyl (C=O) groups excluding carboxylic acids is 1. The molecule has 0 spiro atoms. The summed E-state index contributed by atoms with van der Waals surface area (Å²) in [6, 6.07) is 12.2. The van der Waals surface area contributed by atoms with E-state index in [1.807, 2.05) is 25.1 Å². The number of hydrogen-bond acceptors (Lipinski definition) is 3. The smallest absolute Gasteiger partial charge is 0.260 e. The highest BCUT2D eigenvalue weighted by molar-refractivity contribution is 7.80. The van der Waals surface area contributed by atoms with Gasteiger partial charge in [-0.25, -0.2) is 4.99 Å². The second-order valence-electron chi connectivity index (χ2n) is 5.59. The maximum atomic E-state index is 12.4. The summed E-state index contributed by atoms with van der Waals surface area (Å²) in [4.78, 5) is 16.5. The minimum absolute atomic E-state index is 0.00320. The third-order valence-electron chi connectivity index (χ3n) is 3.51. The summed E-state index contributed by atoms with van der Waals surface area (Å²) in [5.41, 5.74) is 2.14. The summed E-state index contributed by atoms with van der Waals surface area (Å²) >= 11 is 17.0. The summed E-state index contributed by atoms with van der Waals surface area (Å²) in [5, 5.41) is 16.3. The molecule has 0 unspecified atom stereocenters. The van der Waals surface area contributed by atoms with Gasteiger partial charge in [0.15, 0.2) is 5.11 Å². The van der Waals surface area contributed by atoms with E-state index in [1.54, 1.807) is 24.3 Å². The Hall–Kier alpha value is -2.41. The summed E-state index contributed by atoms with van der Waals surface area (Å²) in [6.45, 7) is 3.27. The molecular weight excluding hydrogens is 405 g/mol. The molecule has 0 aliphatic heterocycles. The van der Waals surface area contributed by atoms with Crippen LogP contribution in [-0.2, 0) is 4.79 Å². The maximum Gasteiger partial charge on any atom is 0.260 e. The molecule has 0 saturated carbocycles. The average molecular weight is 422 g/mol. The Bertz CT molecular complexity index is 938. The normalized spacial score (nSPS) is 11.9. The number of aliphatic hydroxyl groups is 1. The van der Waals surface area contributed by atoms with Crippen molar-refractivity contribution in [1.82, 2.24) is 0 Å². The molecule has 0 bridgehead atoms. The molecule has 0 aliphatic carbocycles. The van der Waals surface area contributed by atoms with E-state index in [1.165, 1.54) is 13.1 Å². The zero-order valence-corrected chi connectivity index (χ0v) is 16.9. The highest BCUT2D eigenvalue weighted by Crippen LogP contribution is 2.25. The van der Waals surface area contributed by atoms with Crippen molar-refractivity contribution in [2.45, 2.75) is 13.8 Å². The molecule has 2 rings (SSSR count). The Morgan fingerprint density at radius 3 is 2.48 bits per heavy atom. The summed E-state index contributed by atoms with van der Waals surface area (Å²) in [7, 11) is 0. The van der Waals surface area contributed by atoms with Gasteiger partial charge in [-0.1, -0.05) is 41.4 Å². The van der Waals surface area contributed by atoms with Crippen LogP contribution in [0.25, 0.3) is 0 Å². The largest absolute Gasteiger partial charge is 0.512 e. The highest BCUT2D eigenvalue weighted by atomic mass is 35.5. The van der Waals surface area contributed by atoms with Crippen LogP contribution < -0.4 is 10.6 Å². The topological polar surface area (TPSA) is 73.7 Å².